The summed E-state index contributed by atoms with van der Waals surface area (Å²) in [5.41, 5.74) is 7.24. The van der Waals surface area contributed by atoms with Gasteiger partial charge in [0, 0.05) is 6.54 Å². The summed E-state index contributed by atoms with van der Waals surface area (Å²) >= 11 is 0. The van der Waals surface area contributed by atoms with Crippen molar-refractivity contribution in [3.63, 3.8) is 0 Å². The second-order valence-electron chi connectivity index (χ2n) is 4.16. The number of nitrogens with two attached hydrogens (primary N) is 1. The average molecular weight is 225 g/mol. The number of esters is 1. The highest BCUT2D eigenvalue weighted by Gasteiger charge is 2.20. The van der Waals surface area contributed by atoms with Crippen LogP contribution in [0.5, 0.6) is 0 Å². The van der Waals surface area contributed by atoms with Gasteiger partial charge in [-0.2, -0.15) is 5.10 Å². The number of hydrogen-bond donors (Lipinski definition) is 1. The van der Waals surface area contributed by atoms with Crippen molar-refractivity contribution in [1.29, 1.82) is 0 Å². The molecule has 0 bridgehead atoms. The van der Waals surface area contributed by atoms with Crippen LogP contribution in [-0.4, -0.2) is 22.4 Å². The third-order valence-corrected chi connectivity index (χ3v) is 2.21. The summed E-state index contributed by atoms with van der Waals surface area (Å²) in [7, 11) is 0. The van der Waals surface area contributed by atoms with Crippen LogP contribution in [0.3, 0.4) is 0 Å². The van der Waals surface area contributed by atoms with E-state index in [-0.39, 0.29) is 0 Å². The molecular formula is C11H19N3O2. The van der Waals surface area contributed by atoms with Crippen molar-refractivity contribution in [1.82, 2.24) is 9.78 Å². The Labute approximate surface area is 95.6 Å². The SMILES string of the molecule is CCn1nc(C)c(N)c1C(=O)OCC(C)C. The number of rotatable bonds is 4. The number of carbonyl (C=O) groups is 1. The molecule has 1 heterocycles. The summed E-state index contributed by atoms with van der Waals surface area (Å²) < 4.78 is 6.72. The average Bonchev–Trinajstić information content (AvgIpc) is 2.51. The lowest BCUT2D eigenvalue weighted by Gasteiger charge is -2.08. The molecule has 0 aliphatic carbocycles. The molecule has 1 aromatic rings. The molecule has 0 atom stereocenters. The van der Waals surface area contributed by atoms with E-state index in [2.05, 4.69) is 5.10 Å². The zero-order chi connectivity index (χ0) is 12.3. The van der Waals surface area contributed by atoms with E-state index in [4.69, 9.17) is 10.5 Å². The number of nitrogen functional groups attached to an aromatic ring is 1. The van der Waals surface area contributed by atoms with Crippen LogP contribution in [0.1, 0.15) is 37.0 Å². The first-order chi connectivity index (χ1) is 7.47. The lowest BCUT2D eigenvalue weighted by Crippen LogP contribution is -2.16. The highest BCUT2D eigenvalue weighted by Crippen LogP contribution is 2.17. The van der Waals surface area contributed by atoms with E-state index < -0.39 is 5.97 Å². The Kier molecular flexibility index (Phi) is 3.93. The zero-order valence-electron chi connectivity index (χ0n) is 10.3. The highest BCUT2D eigenvalue weighted by molar-refractivity contribution is 5.93. The summed E-state index contributed by atoms with van der Waals surface area (Å²) in [4.78, 5) is 11.8. The maximum absolute atomic E-state index is 11.8. The van der Waals surface area contributed by atoms with Crippen molar-refractivity contribution >= 4 is 11.7 Å². The molecule has 1 rings (SSSR count). The molecule has 0 fully saturated rings. The van der Waals surface area contributed by atoms with Gasteiger partial charge in [-0.3, -0.25) is 4.68 Å². The molecule has 0 aliphatic heterocycles. The predicted octanol–water partition coefficient (Wildman–Crippen LogP) is 1.61. The van der Waals surface area contributed by atoms with Gasteiger partial charge >= 0.3 is 5.97 Å². The van der Waals surface area contributed by atoms with Gasteiger partial charge in [0.25, 0.3) is 0 Å². The van der Waals surface area contributed by atoms with E-state index in [1.807, 2.05) is 20.8 Å². The van der Waals surface area contributed by atoms with Crippen LogP contribution < -0.4 is 5.73 Å². The number of aryl methyl sites for hydroxylation is 2. The van der Waals surface area contributed by atoms with Gasteiger partial charge in [0.15, 0.2) is 5.69 Å². The van der Waals surface area contributed by atoms with E-state index >= 15 is 0 Å². The first-order valence-corrected chi connectivity index (χ1v) is 5.47. The number of hydrogen-bond acceptors (Lipinski definition) is 4. The van der Waals surface area contributed by atoms with Gasteiger partial charge in [0.05, 0.1) is 18.0 Å². The van der Waals surface area contributed by atoms with Gasteiger partial charge in [-0.25, -0.2) is 4.79 Å². The van der Waals surface area contributed by atoms with Gasteiger partial charge in [0.2, 0.25) is 0 Å². The molecule has 5 nitrogen and oxygen atoms in total. The third kappa shape index (κ3) is 2.53. The van der Waals surface area contributed by atoms with Gasteiger partial charge < -0.3 is 10.5 Å². The molecule has 0 aromatic carbocycles. The molecule has 0 aliphatic rings. The zero-order valence-corrected chi connectivity index (χ0v) is 10.3. The molecule has 0 saturated carbocycles. The van der Waals surface area contributed by atoms with Crippen LogP contribution in [0, 0.1) is 12.8 Å². The first-order valence-electron chi connectivity index (χ1n) is 5.47. The Hall–Kier alpha value is -1.52. The van der Waals surface area contributed by atoms with E-state index in [0.29, 0.717) is 36.1 Å². The van der Waals surface area contributed by atoms with Gasteiger partial charge in [-0.05, 0) is 19.8 Å². The number of aromatic nitrogens is 2. The van der Waals surface area contributed by atoms with Crippen molar-refractivity contribution in [2.24, 2.45) is 5.92 Å². The molecule has 0 saturated heterocycles. The smallest absolute Gasteiger partial charge is 0.358 e. The Morgan fingerprint density at radius 3 is 2.69 bits per heavy atom. The standard InChI is InChI=1S/C11H19N3O2/c1-5-14-10(9(12)8(4)13-14)11(15)16-6-7(2)3/h7H,5-6,12H2,1-4H3. The monoisotopic (exact) mass is 225 g/mol. The topological polar surface area (TPSA) is 70.1 Å². The minimum absolute atomic E-state index is 0.310. The molecule has 0 radical (unpaired) electrons. The fourth-order valence-corrected chi connectivity index (χ4v) is 1.35. The van der Waals surface area contributed by atoms with Crippen molar-refractivity contribution in [3.05, 3.63) is 11.4 Å². The minimum atomic E-state index is -0.395. The summed E-state index contributed by atoms with van der Waals surface area (Å²) in [5.74, 6) is -0.0853. The third-order valence-electron chi connectivity index (χ3n) is 2.21. The van der Waals surface area contributed by atoms with Crippen LogP contribution in [0.2, 0.25) is 0 Å². The van der Waals surface area contributed by atoms with Gasteiger partial charge in [-0.1, -0.05) is 13.8 Å². The second-order valence-corrected chi connectivity index (χ2v) is 4.16. The molecule has 16 heavy (non-hydrogen) atoms. The Morgan fingerprint density at radius 2 is 2.19 bits per heavy atom. The molecule has 5 heteroatoms. The van der Waals surface area contributed by atoms with Gasteiger partial charge in [0.1, 0.15) is 0 Å². The number of carbonyl (C=O) groups excluding carboxylic acids is 1. The fourth-order valence-electron chi connectivity index (χ4n) is 1.35. The Balaban J connectivity index is 2.89. The Bertz CT molecular complexity index is 383. The number of anilines is 1. The molecule has 90 valence electrons. The lowest BCUT2D eigenvalue weighted by molar-refractivity contribution is 0.0446. The first kappa shape index (κ1) is 12.5. The van der Waals surface area contributed by atoms with Crippen molar-refractivity contribution in [3.8, 4) is 0 Å². The van der Waals surface area contributed by atoms with Crippen LogP contribution in [0.4, 0.5) is 5.69 Å². The lowest BCUT2D eigenvalue weighted by atomic mass is 10.2. The Morgan fingerprint density at radius 1 is 1.56 bits per heavy atom. The molecule has 2 N–H and O–H groups in total. The van der Waals surface area contributed by atoms with Crippen LogP contribution in [-0.2, 0) is 11.3 Å². The predicted molar refractivity (Wildman–Crippen MR) is 62.2 cm³/mol. The quantitative estimate of drug-likeness (QED) is 0.790. The van der Waals surface area contributed by atoms with E-state index in [1.165, 1.54) is 0 Å². The molecule has 1 aromatic heterocycles. The summed E-state index contributed by atoms with van der Waals surface area (Å²) in [6, 6.07) is 0. The van der Waals surface area contributed by atoms with Crippen LogP contribution in [0.25, 0.3) is 0 Å². The fraction of sp³-hybridized carbons (Fsp3) is 0.636. The van der Waals surface area contributed by atoms with Crippen molar-refractivity contribution in [2.45, 2.75) is 34.2 Å². The highest BCUT2D eigenvalue weighted by atomic mass is 16.5. The molecular weight excluding hydrogens is 206 g/mol. The summed E-state index contributed by atoms with van der Waals surface area (Å²) in [5, 5.41) is 4.17. The van der Waals surface area contributed by atoms with Crippen LogP contribution >= 0.6 is 0 Å². The number of ether oxygens (including phenoxy) is 1. The second kappa shape index (κ2) is 5.01. The van der Waals surface area contributed by atoms with Crippen molar-refractivity contribution in [2.75, 3.05) is 12.3 Å². The number of nitrogens with zero attached hydrogens (tertiary/aromatic N) is 2. The van der Waals surface area contributed by atoms with Gasteiger partial charge in [-0.15, -0.1) is 0 Å². The summed E-state index contributed by atoms with van der Waals surface area (Å²) in [6.45, 7) is 8.65. The molecule has 0 spiro atoms. The van der Waals surface area contributed by atoms with E-state index in [9.17, 15) is 4.79 Å². The van der Waals surface area contributed by atoms with Crippen molar-refractivity contribution < 1.29 is 9.53 Å². The minimum Gasteiger partial charge on any atom is -0.461 e. The maximum Gasteiger partial charge on any atom is 0.358 e. The van der Waals surface area contributed by atoms with E-state index in [1.54, 1.807) is 11.6 Å². The van der Waals surface area contributed by atoms with E-state index in [0.717, 1.165) is 0 Å². The maximum atomic E-state index is 11.8. The molecule has 0 unspecified atom stereocenters. The normalized spacial score (nSPS) is 10.8. The largest absolute Gasteiger partial charge is 0.461 e. The summed E-state index contributed by atoms with van der Waals surface area (Å²) in [6.07, 6.45) is 0. The molecule has 0 amide bonds. The van der Waals surface area contributed by atoms with Crippen LogP contribution in [0.15, 0.2) is 0 Å².